The first-order valence-electron chi connectivity index (χ1n) is 10.4. The molecule has 0 spiro atoms. The van der Waals surface area contributed by atoms with Crippen LogP contribution in [0.2, 0.25) is 0 Å². The summed E-state index contributed by atoms with van der Waals surface area (Å²) >= 11 is 0. The zero-order valence-corrected chi connectivity index (χ0v) is 17.7. The Morgan fingerprint density at radius 3 is 2.03 bits per heavy atom. The molecule has 156 valence electrons. The van der Waals surface area contributed by atoms with Crippen molar-refractivity contribution in [3.8, 4) is 5.75 Å². The molecule has 0 saturated carbocycles. The van der Waals surface area contributed by atoms with Gasteiger partial charge in [-0.05, 0) is 55.2 Å². The van der Waals surface area contributed by atoms with Gasteiger partial charge in [0.25, 0.3) is 0 Å². The predicted octanol–water partition coefficient (Wildman–Crippen LogP) is 5.27. The summed E-state index contributed by atoms with van der Waals surface area (Å²) in [5.74, 6) is 0.593. The van der Waals surface area contributed by atoms with Gasteiger partial charge in [0.15, 0.2) is 0 Å². The van der Waals surface area contributed by atoms with E-state index in [-0.39, 0.29) is 5.97 Å². The van der Waals surface area contributed by atoms with E-state index >= 15 is 0 Å². The van der Waals surface area contributed by atoms with Crippen LogP contribution in [0.3, 0.4) is 0 Å². The van der Waals surface area contributed by atoms with Crippen molar-refractivity contribution in [1.82, 2.24) is 0 Å². The lowest BCUT2D eigenvalue weighted by atomic mass is 10.0. The number of rotatable bonds is 10. The fourth-order valence-corrected chi connectivity index (χ4v) is 3.52. The predicted molar refractivity (Wildman–Crippen MR) is 121 cm³/mol. The van der Waals surface area contributed by atoms with Crippen LogP contribution in [0, 0.1) is 0 Å². The Labute approximate surface area is 179 Å². The average Bonchev–Trinajstić information content (AvgIpc) is 2.80. The molecule has 3 rings (SSSR count). The molecule has 30 heavy (non-hydrogen) atoms. The van der Waals surface area contributed by atoms with E-state index in [2.05, 4.69) is 29.2 Å². The van der Waals surface area contributed by atoms with Crippen molar-refractivity contribution in [3.63, 3.8) is 0 Å². The SMILES string of the molecule is CCOC(=O)C(CCc1ccccc1)N(Cc1ccccc1)c1ccc(OC)cc1. The maximum Gasteiger partial charge on any atom is 0.328 e. The third kappa shape index (κ3) is 5.86. The Morgan fingerprint density at radius 2 is 1.47 bits per heavy atom. The van der Waals surface area contributed by atoms with Gasteiger partial charge in [-0.3, -0.25) is 0 Å². The number of anilines is 1. The summed E-state index contributed by atoms with van der Waals surface area (Å²) in [4.78, 5) is 15.1. The minimum atomic E-state index is -0.390. The van der Waals surface area contributed by atoms with Gasteiger partial charge in [0.2, 0.25) is 0 Å². The number of hydrogen-bond donors (Lipinski definition) is 0. The van der Waals surface area contributed by atoms with Crippen molar-refractivity contribution in [2.24, 2.45) is 0 Å². The smallest absolute Gasteiger partial charge is 0.328 e. The maximum absolute atomic E-state index is 13.0. The number of aryl methyl sites for hydroxylation is 1. The number of esters is 1. The van der Waals surface area contributed by atoms with Gasteiger partial charge >= 0.3 is 5.97 Å². The molecule has 0 amide bonds. The number of hydrogen-bond acceptors (Lipinski definition) is 4. The molecule has 0 radical (unpaired) electrons. The summed E-state index contributed by atoms with van der Waals surface area (Å²) in [5, 5.41) is 0. The molecular formula is C26H29NO3. The summed E-state index contributed by atoms with van der Waals surface area (Å²) < 4.78 is 10.8. The van der Waals surface area contributed by atoms with Crippen LogP contribution < -0.4 is 9.64 Å². The van der Waals surface area contributed by atoms with E-state index in [4.69, 9.17) is 9.47 Å². The Morgan fingerprint density at radius 1 is 0.867 bits per heavy atom. The lowest BCUT2D eigenvalue weighted by molar-refractivity contribution is -0.145. The number of benzene rings is 3. The second-order valence-corrected chi connectivity index (χ2v) is 7.10. The molecule has 1 unspecified atom stereocenters. The molecule has 3 aromatic rings. The van der Waals surface area contributed by atoms with Crippen molar-refractivity contribution >= 4 is 11.7 Å². The van der Waals surface area contributed by atoms with Crippen LogP contribution in [0.15, 0.2) is 84.9 Å². The number of ether oxygens (including phenoxy) is 2. The molecule has 0 aliphatic rings. The maximum atomic E-state index is 13.0. The van der Waals surface area contributed by atoms with E-state index in [1.54, 1.807) is 7.11 Å². The Balaban J connectivity index is 1.92. The average molecular weight is 404 g/mol. The lowest BCUT2D eigenvalue weighted by Crippen LogP contribution is -2.42. The van der Waals surface area contributed by atoms with E-state index in [1.165, 1.54) is 5.56 Å². The van der Waals surface area contributed by atoms with Crippen LogP contribution in [0.5, 0.6) is 5.75 Å². The first kappa shape index (κ1) is 21.4. The van der Waals surface area contributed by atoms with Gasteiger partial charge in [-0.25, -0.2) is 4.79 Å². The van der Waals surface area contributed by atoms with Crippen molar-refractivity contribution in [3.05, 3.63) is 96.1 Å². The van der Waals surface area contributed by atoms with Gasteiger partial charge in [0, 0.05) is 12.2 Å². The molecule has 0 N–H and O–H groups in total. The normalized spacial score (nSPS) is 11.5. The molecule has 1 atom stereocenters. The van der Waals surface area contributed by atoms with E-state index in [9.17, 15) is 4.79 Å². The van der Waals surface area contributed by atoms with Crippen LogP contribution in [0.25, 0.3) is 0 Å². The van der Waals surface area contributed by atoms with Gasteiger partial charge in [-0.2, -0.15) is 0 Å². The minimum Gasteiger partial charge on any atom is -0.497 e. The number of methoxy groups -OCH3 is 1. The van der Waals surface area contributed by atoms with Crippen molar-refractivity contribution < 1.29 is 14.3 Å². The van der Waals surface area contributed by atoms with Crippen LogP contribution in [-0.2, 0) is 22.5 Å². The molecule has 3 aromatic carbocycles. The summed E-state index contributed by atoms with van der Waals surface area (Å²) in [6.07, 6.45) is 1.47. The van der Waals surface area contributed by atoms with Gasteiger partial charge in [-0.15, -0.1) is 0 Å². The highest BCUT2D eigenvalue weighted by atomic mass is 16.5. The summed E-state index contributed by atoms with van der Waals surface area (Å²) in [6, 6.07) is 27.9. The largest absolute Gasteiger partial charge is 0.497 e. The molecule has 4 nitrogen and oxygen atoms in total. The second kappa shape index (κ2) is 11.1. The third-order valence-corrected chi connectivity index (χ3v) is 5.08. The summed E-state index contributed by atoms with van der Waals surface area (Å²) in [5.41, 5.74) is 3.31. The summed E-state index contributed by atoms with van der Waals surface area (Å²) in [6.45, 7) is 2.83. The number of carbonyl (C=O) groups is 1. The monoisotopic (exact) mass is 403 g/mol. The highest BCUT2D eigenvalue weighted by molar-refractivity contribution is 5.80. The molecule has 0 bridgehead atoms. The van der Waals surface area contributed by atoms with Gasteiger partial charge in [0.1, 0.15) is 11.8 Å². The fourth-order valence-electron chi connectivity index (χ4n) is 3.52. The first-order chi connectivity index (χ1) is 14.7. The lowest BCUT2D eigenvalue weighted by Gasteiger charge is -2.32. The van der Waals surface area contributed by atoms with E-state index in [1.807, 2.05) is 67.6 Å². The fraction of sp³-hybridized carbons (Fsp3) is 0.269. The van der Waals surface area contributed by atoms with E-state index in [0.29, 0.717) is 19.6 Å². The zero-order valence-electron chi connectivity index (χ0n) is 17.7. The van der Waals surface area contributed by atoms with Crippen LogP contribution in [0.4, 0.5) is 5.69 Å². The van der Waals surface area contributed by atoms with E-state index < -0.39 is 6.04 Å². The summed E-state index contributed by atoms with van der Waals surface area (Å²) in [7, 11) is 1.65. The number of carbonyl (C=O) groups excluding carboxylic acids is 1. The van der Waals surface area contributed by atoms with Crippen LogP contribution in [-0.4, -0.2) is 25.7 Å². The van der Waals surface area contributed by atoms with E-state index in [0.717, 1.165) is 23.4 Å². The molecule has 0 heterocycles. The quantitative estimate of drug-likeness (QED) is 0.433. The Bertz CT molecular complexity index is 895. The van der Waals surface area contributed by atoms with Crippen molar-refractivity contribution in [1.29, 1.82) is 0 Å². The second-order valence-electron chi connectivity index (χ2n) is 7.10. The van der Waals surface area contributed by atoms with Gasteiger partial charge < -0.3 is 14.4 Å². The molecule has 0 aliphatic carbocycles. The van der Waals surface area contributed by atoms with Gasteiger partial charge in [-0.1, -0.05) is 60.7 Å². The standard InChI is InChI=1S/C26H29NO3/c1-3-30-26(28)25(19-14-21-10-6-4-7-11-21)27(20-22-12-8-5-9-13-22)23-15-17-24(29-2)18-16-23/h4-13,15-18,25H,3,14,19-20H2,1-2H3. The van der Waals surface area contributed by atoms with Crippen LogP contribution in [0.1, 0.15) is 24.5 Å². The molecule has 4 heteroatoms. The minimum absolute atomic E-state index is 0.194. The molecule has 0 aliphatic heterocycles. The molecule has 0 aromatic heterocycles. The third-order valence-electron chi connectivity index (χ3n) is 5.08. The molecular weight excluding hydrogens is 374 g/mol. The highest BCUT2D eigenvalue weighted by Gasteiger charge is 2.27. The molecule has 0 saturated heterocycles. The Hall–Kier alpha value is -3.27. The molecule has 0 fully saturated rings. The van der Waals surface area contributed by atoms with Crippen molar-refractivity contribution in [2.75, 3.05) is 18.6 Å². The first-order valence-corrected chi connectivity index (χ1v) is 10.4. The Kier molecular flexibility index (Phi) is 7.90. The van der Waals surface area contributed by atoms with Gasteiger partial charge in [0.05, 0.1) is 13.7 Å². The topological polar surface area (TPSA) is 38.8 Å². The number of nitrogens with zero attached hydrogens (tertiary/aromatic N) is 1. The van der Waals surface area contributed by atoms with Crippen LogP contribution >= 0.6 is 0 Å². The van der Waals surface area contributed by atoms with Crippen molar-refractivity contribution in [2.45, 2.75) is 32.4 Å². The zero-order chi connectivity index (χ0) is 21.2. The highest BCUT2D eigenvalue weighted by Crippen LogP contribution is 2.26.